The molecule has 102 valence electrons. The molecule has 1 saturated carbocycles. The van der Waals surface area contributed by atoms with Crippen molar-refractivity contribution in [1.29, 1.82) is 0 Å². The van der Waals surface area contributed by atoms with Crippen LogP contribution in [0.25, 0.3) is 0 Å². The fourth-order valence-corrected chi connectivity index (χ4v) is 3.05. The summed E-state index contributed by atoms with van der Waals surface area (Å²) < 4.78 is 0. The summed E-state index contributed by atoms with van der Waals surface area (Å²) in [6.45, 7) is 0. The third kappa shape index (κ3) is 2.15. The largest absolute Gasteiger partial charge is 0.368 e. The van der Waals surface area contributed by atoms with Gasteiger partial charge < -0.3 is 5.73 Å². The maximum Gasteiger partial charge on any atom is 0.223 e. The Kier molecular flexibility index (Phi) is 2.69. The summed E-state index contributed by atoms with van der Waals surface area (Å²) in [5.74, 6) is 3.10. The standard InChI is InChI=1S/C16H18N4/c17-16-19-14(11-6-7-11)18-15(20-16)13-8-5-10-3-1-2-4-12(10)9-13/h1-4,11,13H,5-9H2,(H2,17,18,19,20). The molecular formula is C16H18N4. The Hall–Kier alpha value is -1.97. The number of benzene rings is 1. The van der Waals surface area contributed by atoms with Crippen LogP contribution < -0.4 is 5.73 Å². The van der Waals surface area contributed by atoms with Gasteiger partial charge in [0.05, 0.1) is 0 Å². The van der Waals surface area contributed by atoms with E-state index in [9.17, 15) is 0 Å². The summed E-state index contributed by atoms with van der Waals surface area (Å²) in [6, 6.07) is 8.67. The number of aromatic nitrogens is 3. The molecular weight excluding hydrogens is 248 g/mol. The van der Waals surface area contributed by atoms with E-state index < -0.39 is 0 Å². The first-order valence-electron chi connectivity index (χ1n) is 7.38. The van der Waals surface area contributed by atoms with Gasteiger partial charge in [0, 0.05) is 11.8 Å². The van der Waals surface area contributed by atoms with Gasteiger partial charge in [-0.05, 0) is 43.2 Å². The molecule has 2 aliphatic rings. The number of hydrogen-bond donors (Lipinski definition) is 1. The van der Waals surface area contributed by atoms with Gasteiger partial charge in [-0.2, -0.15) is 9.97 Å². The van der Waals surface area contributed by atoms with Crippen molar-refractivity contribution in [2.24, 2.45) is 0 Å². The van der Waals surface area contributed by atoms with Crippen LogP contribution in [0.1, 0.15) is 53.9 Å². The topological polar surface area (TPSA) is 64.7 Å². The Labute approximate surface area is 118 Å². The number of rotatable bonds is 2. The molecule has 1 aromatic heterocycles. The number of nitrogen functional groups attached to an aromatic ring is 1. The number of nitrogens with two attached hydrogens (primary N) is 1. The highest BCUT2D eigenvalue weighted by atomic mass is 15.1. The molecule has 0 saturated heterocycles. The Morgan fingerprint density at radius 1 is 0.850 bits per heavy atom. The lowest BCUT2D eigenvalue weighted by atomic mass is 9.83. The second-order valence-corrected chi connectivity index (χ2v) is 5.89. The third-order valence-electron chi connectivity index (χ3n) is 4.34. The van der Waals surface area contributed by atoms with E-state index in [1.54, 1.807) is 0 Å². The van der Waals surface area contributed by atoms with Crippen LogP contribution in [-0.4, -0.2) is 15.0 Å². The predicted octanol–water partition coefficient (Wildman–Crippen LogP) is 2.60. The van der Waals surface area contributed by atoms with E-state index in [-0.39, 0.29) is 0 Å². The molecule has 1 aromatic carbocycles. The van der Waals surface area contributed by atoms with Crippen LogP contribution in [0.2, 0.25) is 0 Å². The summed E-state index contributed by atoms with van der Waals surface area (Å²) in [5.41, 5.74) is 8.76. The van der Waals surface area contributed by atoms with Crippen molar-refractivity contribution in [3.05, 3.63) is 47.0 Å². The second-order valence-electron chi connectivity index (χ2n) is 5.89. The molecule has 1 fully saturated rings. The highest BCUT2D eigenvalue weighted by Gasteiger charge is 2.29. The van der Waals surface area contributed by atoms with E-state index in [1.165, 1.54) is 24.0 Å². The van der Waals surface area contributed by atoms with E-state index in [2.05, 4.69) is 39.2 Å². The lowest BCUT2D eigenvalue weighted by Crippen LogP contribution is -2.17. The Bertz CT molecular complexity index is 649. The second kappa shape index (κ2) is 4.54. The lowest BCUT2D eigenvalue weighted by molar-refractivity contribution is 0.549. The Morgan fingerprint density at radius 3 is 2.30 bits per heavy atom. The van der Waals surface area contributed by atoms with E-state index in [0.717, 1.165) is 30.9 Å². The van der Waals surface area contributed by atoms with Crippen LogP contribution in [-0.2, 0) is 12.8 Å². The molecule has 0 aliphatic heterocycles. The van der Waals surface area contributed by atoms with Gasteiger partial charge in [0.25, 0.3) is 0 Å². The number of fused-ring (bicyclic) bond motifs is 1. The van der Waals surface area contributed by atoms with Gasteiger partial charge in [-0.3, -0.25) is 0 Å². The van der Waals surface area contributed by atoms with Crippen LogP contribution >= 0.6 is 0 Å². The average molecular weight is 266 g/mol. The van der Waals surface area contributed by atoms with Crippen LogP contribution in [0.3, 0.4) is 0 Å². The number of nitrogens with zero attached hydrogens (tertiary/aromatic N) is 3. The highest BCUT2D eigenvalue weighted by molar-refractivity contribution is 5.32. The van der Waals surface area contributed by atoms with E-state index >= 15 is 0 Å². The van der Waals surface area contributed by atoms with Crippen molar-refractivity contribution in [2.45, 2.75) is 43.9 Å². The summed E-state index contributed by atoms with van der Waals surface area (Å²) in [7, 11) is 0. The number of hydrogen-bond acceptors (Lipinski definition) is 4. The van der Waals surface area contributed by atoms with Crippen molar-refractivity contribution < 1.29 is 0 Å². The molecule has 2 N–H and O–H groups in total. The fraction of sp³-hybridized carbons (Fsp3) is 0.438. The van der Waals surface area contributed by atoms with Gasteiger partial charge in [0.15, 0.2) is 0 Å². The summed E-state index contributed by atoms with van der Waals surface area (Å²) in [6.07, 6.45) is 5.60. The third-order valence-corrected chi connectivity index (χ3v) is 4.34. The monoisotopic (exact) mass is 266 g/mol. The van der Waals surface area contributed by atoms with Crippen molar-refractivity contribution in [3.63, 3.8) is 0 Å². The van der Waals surface area contributed by atoms with Gasteiger partial charge in [-0.15, -0.1) is 0 Å². The predicted molar refractivity (Wildman–Crippen MR) is 77.4 cm³/mol. The van der Waals surface area contributed by atoms with Gasteiger partial charge in [0.2, 0.25) is 5.95 Å². The van der Waals surface area contributed by atoms with Crippen molar-refractivity contribution in [1.82, 2.24) is 15.0 Å². The van der Waals surface area contributed by atoms with E-state index in [0.29, 0.717) is 17.8 Å². The lowest BCUT2D eigenvalue weighted by Gasteiger charge is -2.23. The molecule has 4 rings (SSSR count). The molecule has 0 bridgehead atoms. The first kappa shape index (κ1) is 11.8. The fourth-order valence-electron chi connectivity index (χ4n) is 3.05. The highest BCUT2D eigenvalue weighted by Crippen LogP contribution is 2.39. The quantitative estimate of drug-likeness (QED) is 0.907. The molecule has 4 heteroatoms. The van der Waals surface area contributed by atoms with Gasteiger partial charge >= 0.3 is 0 Å². The van der Waals surface area contributed by atoms with Crippen molar-refractivity contribution in [2.75, 3.05) is 5.73 Å². The van der Waals surface area contributed by atoms with Crippen LogP contribution in [0, 0.1) is 0 Å². The molecule has 1 heterocycles. The van der Waals surface area contributed by atoms with Crippen molar-refractivity contribution >= 4 is 5.95 Å². The normalized spacial score (nSPS) is 21.5. The zero-order valence-electron chi connectivity index (χ0n) is 11.4. The van der Waals surface area contributed by atoms with Crippen LogP contribution in [0.4, 0.5) is 5.95 Å². The SMILES string of the molecule is Nc1nc(C2CC2)nc(C2CCc3ccccc3C2)n1. The van der Waals surface area contributed by atoms with E-state index in [1.807, 2.05) is 0 Å². The summed E-state index contributed by atoms with van der Waals surface area (Å²) in [4.78, 5) is 13.4. The smallest absolute Gasteiger partial charge is 0.223 e. The van der Waals surface area contributed by atoms with Crippen molar-refractivity contribution in [3.8, 4) is 0 Å². The van der Waals surface area contributed by atoms with Gasteiger partial charge in [0.1, 0.15) is 11.6 Å². The minimum absolute atomic E-state index is 0.382. The van der Waals surface area contributed by atoms with E-state index in [4.69, 9.17) is 5.73 Å². The molecule has 2 aromatic rings. The molecule has 2 aliphatic carbocycles. The average Bonchev–Trinajstić information content (AvgIpc) is 3.31. The first-order chi connectivity index (χ1) is 9.79. The maximum atomic E-state index is 5.86. The molecule has 0 spiro atoms. The number of anilines is 1. The molecule has 0 amide bonds. The molecule has 20 heavy (non-hydrogen) atoms. The zero-order valence-corrected chi connectivity index (χ0v) is 11.4. The summed E-state index contributed by atoms with van der Waals surface area (Å²) in [5, 5.41) is 0. The Balaban J connectivity index is 1.65. The van der Waals surface area contributed by atoms with Crippen LogP contribution in [0.15, 0.2) is 24.3 Å². The maximum absolute atomic E-state index is 5.86. The van der Waals surface area contributed by atoms with Gasteiger partial charge in [-0.1, -0.05) is 24.3 Å². The van der Waals surface area contributed by atoms with Gasteiger partial charge in [-0.25, -0.2) is 4.98 Å². The van der Waals surface area contributed by atoms with Crippen LogP contribution in [0.5, 0.6) is 0 Å². The minimum Gasteiger partial charge on any atom is -0.368 e. The zero-order chi connectivity index (χ0) is 13.5. The molecule has 1 atom stereocenters. The molecule has 0 radical (unpaired) electrons. The molecule has 1 unspecified atom stereocenters. The molecule has 4 nitrogen and oxygen atoms in total. The minimum atomic E-state index is 0.382. The first-order valence-corrected chi connectivity index (χ1v) is 7.38. The summed E-state index contributed by atoms with van der Waals surface area (Å²) >= 11 is 0. The Morgan fingerprint density at radius 2 is 1.55 bits per heavy atom. The number of aryl methyl sites for hydroxylation is 1.